The molecule has 1 aromatic carbocycles. The normalized spacial score (nSPS) is 20.1. The van der Waals surface area contributed by atoms with E-state index >= 15 is 0 Å². The maximum absolute atomic E-state index is 5.80. The number of rotatable bonds is 4. The number of likely N-dealkylation sites (tertiary alicyclic amines) is 1. The Morgan fingerprint density at radius 1 is 1.25 bits per heavy atom. The van der Waals surface area contributed by atoms with E-state index < -0.39 is 0 Å². The van der Waals surface area contributed by atoms with Crippen LogP contribution in [0.25, 0.3) is 5.69 Å². The second-order valence-electron chi connectivity index (χ2n) is 5.62. The monoisotopic (exact) mass is 270 g/mol. The Morgan fingerprint density at radius 2 is 2.10 bits per heavy atom. The summed E-state index contributed by atoms with van der Waals surface area (Å²) < 4.78 is 2.02. The van der Waals surface area contributed by atoms with Crippen LogP contribution >= 0.6 is 0 Å². The summed E-state index contributed by atoms with van der Waals surface area (Å²) >= 11 is 0. The Kier molecular flexibility index (Phi) is 4.14. The van der Waals surface area contributed by atoms with Gasteiger partial charge in [-0.2, -0.15) is 0 Å². The molecule has 1 fully saturated rings. The van der Waals surface area contributed by atoms with Gasteiger partial charge in [-0.3, -0.25) is 4.90 Å². The van der Waals surface area contributed by atoms with E-state index in [1.54, 1.807) is 6.20 Å². The molecule has 106 valence electrons. The molecule has 0 saturated carbocycles. The molecule has 4 nitrogen and oxygen atoms in total. The lowest BCUT2D eigenvalue weighted by Crippen LogP contribution is -2.37. The van der Waals surface area contributed by atoms with Crippen molar-refractivity contribution in [1.29, 1.82) is 0 Å². The number of aromatic nitrogens is 2. The summed E-state index contributed by atoms with van der Waals surface area (Å²) in [5.41, 5.74) is 8.32. The highest BCUT2D eigenvalue weighted by Crippen LogP contribution is 2.18. The highest BCUT2D eigenvalue weighted by Gasteiger charge is 2.18. The fourth-order valence-corrected chi connectivity index (χ4v) is 2.93. The van der Waals surface area contributed by atoms with Gasteiger partial charge in [-0.05, 0) is 49.5 Å². The van der Waals surface area contributed by atoms with E-state index in [1.807, 2.05) is 17.1 Å². The number of benzene rings is 1. The van der Waals surface area contributed by atoms with Gasteiger partial charge in [0.2, 0.25) is 0 Å². The summed E-state index contributed by atoms with van der Waals surface area (Å²) in [6.07, 6.45) is 8.15. The van der Waals surface area contributed by atoms with Crippen molar-refractivity contribution < 1.29 is 0 Å². The molecule has 1 aliphatic heterocycles. The third kappa shape index (κ3) is 3.08. The van der Waals surface area contributed by atoms with Crippen molar-refractivity contribution in [2.75, 3.05) is 19.6 Å². The van der Waals surface area contributed by atoms with Gasteiger partial charge in [-0.1, -0.05) is 12.1 Å². The van der Waals surface area contributed by atoms with Crippen LogP contribution in [0.2, 0.25) is 0 Å². The Bertz CT molecular complexity index is 518. The molecule has 2 aromatic rings. The molecule has 3 rings (SSSR count). The highest BCUT2D eigenvalue weighted by atomic mass is 15.1. The van der Waals surface area contributed by atoms with Gasteiger partial charge in [0, 0.05) is 31.2 Å². The second-order valence-corrected chi connectivity index (χ2v) is 5.62. The van der Waals surface area contributed by atoms with Crippen LogP contribution in [-0.2, 0) is 6.54 Å². The zero-order valence-electron chi connectivity index (χ0n) is 11.8. The molecule has 1 saturated heterocycles. The van der Waals surface area contributed by atoms with Crippen molar-refractivity contribution >= 4 is 0 Å². The van der Waals surface area contributed by atoms with Crippen LogP contribution in [0.15, 0.2) is 43.0 Å². The van der Waals surface area contributed by atoms with Gasteiger partial charge in [-0.15, -0.1) is 0 Å². The van der Waals surface area contributed by atoms with E-state index in [4.69, 9.17) is 5.73 Å². The van der Waals surface area contributed by atoms with Gasteiger partial charge in [0.1, 0.15) is 0 Å². The van der Waals surface area contributed by atoms with Crippen molar-refractivity contribution in [2.24, 2.45) is 11.7 Å². The summed E-state index contributed by atoms with van der Waals surface area (Å²) in [6.45, 7) is 4.18. The predicted molar refractivity (Wildman–Crippen MR) is 80.6 cm³/mol. The minimum Gasteiger partial charge on any atom is -0.330 e. The van der Waals surface area contributed by atoms with Gasteiger partial charge in [-0.25, -0.2) is 4.98 Å². The van der Waals surface area contributed by atoms with Crippen LogP contribution in [0.3, 0.4) is 0 Å². The number of imidazole rings is 1. The third-order valence-corrected chi connectivity index (χ3v) is 4.08. The summed E-state index contributed by atoms with van der Waals surface area (Å²) in [7, 11) is 0. The number of nitrogens with two attached hydrogens (primary N) is 1. The van der Waals surface area contributed by atoms with Crippen molar-refractivity contribution in [3.8, 4) is 5.69 Å². The number of piperidine rings is 1. The molecule has 1 aromatic heterocycles. The van der Waals surface area contributed by atoms with Crippen molar-refractivity contribution in [3.63, 3.8) is 0 Å². The van der Waals surface area contributed by atoms with E-state index in [9.17, 15) is 0 Å². The molecular formula is C16H22N4. The second kappa shape index (κ2) is 6.20. The Morgan fingerprint density at radius 3 is 2.80 bits per heavy atom. The highest BCUT2D eigenvalue weighted by molar-refractivity contribution is 5.34. The molecule has 0 bridgehead atoms. The molecule has 0 spiro atoms. The number of hydrogen-bond donors (Lipinski definition) is 1. The molecule has 0 radical (unpaired) electrons. The molecule has 1 aliphatic rings. The molecule has 2 heterocycles. The van der Waals surface area contributed by atoms with E-state index in [0.29, 0.717) is 5.92 Å². The number of nitrogens with zero attached hydrogens (tertiary/aromatic N) is 3. The average molecular weight is 270 g/mol. The minimum absolute atomic E-state index is 0.675. The van der Waals surface area contributed by atoms with Crippen LogP contribution in [0.4, 0.5) is 0 Å². The summed E-state index contributed by atoms with van der Waals surface area (Å²) in [5.74, 6) is 0.675. The molecule has 2 N–H and O–H groups in total. The van der Waals surface area contributed by atoms with Crippen LogP contribution < -0.4 is 5.73 Å². The van der Waals surface area contributed by atoms with Crippen molar-refractivity contribution in [2.45, 2.75) is 19.4 Å². The zero-order chi connectivity index (χ0) is 13.8. The summed E-state index contributed by atoms with van der Waals surface area (Å²) in [4.78, 5) is 6.60. The lowest BCUT2D eigenvalue weighted by molar-refractivity contribution is 0.171. The Hall–Kier alpha value is -1.65. The van der Waals surface area contributed by atoms with Gasteiger partial charge in [0.15, 0.2) is 0 Å². The molecule has 0 amide bonds. The standard InChI is InChI=1S/C16H22N4/c17-10-15-2-1-8-19(12-15)11-14-3-5-16(6-4-14)20-9-7-18-13-20/h3-7,9,13,15H,1-2,8,10-12,17H2. The molecule has 20 heavy (non-hydrogen) atoms. The van der Waals surface area contributed by atoms with Crippen LogP contribution in [0.5, 0.6) is 0 Å². The first-order valence-electron chi connectivity index (χ1n) is 7.35. The first-order chi connectivity index (χ1) is 9.85. The molecule has 4 heteroatoms. The molecule has 1 atom stereocenters. The smallest absolute Gasteiger partial charge is 0.0991 e. The largest absolute Gasteiger partial charge is 0.330 e. The molecule has 1 unspecified atom stereocenters. The minimum atomic E-state index is 0.675. The Balaban J connectivity index is 1.63. The van der Waals surface area contributed by atoms with Gasteiger partial charge < -0.3 is 10.3 Å². The Labute approximate surface area is 120 Å². The van der Waals surface area contributed by atoms with Crippen molar-refractivity contribution in [3.05, 3.63) is 48.5 Å². The first-order valence-corrected chi connectivity index (χ1v) is 7.35. The van der Waals surface area contributed by atoms with Crippen LogP contribution in [0.1, 0.15) is 18.4 Å². The number of hydrogen-bond acceptors (Lipinski definition) is 3. The topological polar surface area (TPSA) is 47.1 Å². The fourth-order valence-electron chi connectivity index (χ4n) is 2.93. The van der Waals surface area contributed by atoms with E-state index in [2.05, 4.69) is 34.1 Å². The van der Waals surface area contributed by atoms with Crippen LogP contribution in [-0.4, -0.2) is 34.1 Å². The van der Waals surface area contributed by atoms with Gasteiger partial charge in [0.05, 0.1) is 6.33 Å². The SMILES string of the molecule is NCC1CCCN(Cc2ccc(-n3ccnc3)cc2)C1. The first kappa shape index (κ1) is 13.3. The maximum atomic E-state index is 5.80. The third-order valence-electron chi connectivity index (χ3n) is 4.08. The van der Waals surface area contributed by atoms with Crippen LogP contribution in [0, 0.1) is 5.92 Å². The molecule has 0 aliphatic carbocycles. The predicted octanol–water partition coefficient (Wildman–Crippen LogP) is 2.04. The van der Waals surface area contributed by atoms with E-state index in [0.717, 1.165) is 25.3 Å². The lowest BCUT2D eigenvalue weighted by atomic mass is 9.98. The summed E-state index contributed by atoms with van der Waals surface area (Å²) in [6, 6.07) is 8.73. The zero-order valence-corrected chi connectivity index (χ0v) is 11.8. The van der Waals surface area contributed by atoms with E-state index in [-0.39, 0.29) is 0 Å². The molecular weight excluding hydrogens is 248 g/mol. The van der Waals surface area contributed by atoms with Crippen molar-refractivity contribution in [1.82, 2.24) is 14.5 Å². The lowest BCUT2D eigenvalue weighted by Gasteiger charge is -2.32. The van der Waals surface area contributed by atoms with Gasteiger partial charge >= 0.3 is 0 Å². The summed E-state index contributed by atoms with van der Waals surface area (Å²) in [5, 5.41) is 0. The van der Waals surface area contributed by atoms with Gasteiger partial charge in [0.25, 0.3) is 0 Å². The average Bonchev–Trinajstić information content (AvgIpc) is 3.02. The maximum Gasteiger partial charge on any atom is 0.0991 e. The van der Waals surface area contributed by atoms with E-state index in [1.165, 1.54) is 24.9 Å². The quantitative estimate of drug-likeness (QED) is 0.925. The fraction of sp³-hybridized carbons (Fsp3) is 0.438.